The molecule has 0 radical (unpaired) electrons. The molecular weight excluding hydrogens is 482 g/mol. The van der Waals surface area contributed by atoms with Crippen molar-refractivity contribution in [2.75, 3.05) is 5.32 Å². The summed E-state index contributed by atoms with van der Waals surface area (Å²) < 4.78 is 5.60. The second kappa shape index (κ2) is 10.3. The summed E-state index contributed by atoms with van der Waals surface area (Å²) in [4.78, 5) is 41.9. The van der Waals surface area contributed by atoms with Gasteiger partial charge in [-0.3, -0.25) is 14.9 Å². The summed E-state index contributed by atoms with van der Waals surface area (Å²) in [6.45, 7) is 3.48. The molecule has 38 heavy (non-hydrogen) atoms. The molecule has 8 nitrogen and oxygen atoms in total. The minimum absolute atomic E-state index is 0.0338. The van der Waals surface area contributed by atoms with Crippen molar-refractivity contribution in [3.05, 3.63) is 111 Å². The highest BCUT2D eigenvalue weighted by Gasteiger charge is 2.30. The first kappa shape index (κ1) is 24.8. The Balaban J connectivity index is 1.45. The van der Waals surface area contributed by atoms with E-state index in [1.807, 2.05) is 43.3 Å². The third-order valence-corrected chi connectivity index (χ3v) is 6.58. The van der Waals surface area contributed by atoms with Gasteiger partial charge in [0.15, 0.2) is 6.10 Å². The Kier molecular flexibility index (Phi) is 6.70. The lowest BCUT2D eigenvalue weighted by atomic mass is 10.0. The quantitative estimate of drug-likeness (QED) is 0.191. The van der Waals surface area contributed by atoms with E-state index in [0.29, 0.717) is 22.9 Å². The van der Waals surface area contributed by atoms with Gasteiger partial charge in [0, 0.05) is 11.5 Å². The molecule has 0 saturated heterocycles. The Bertz CT molecular complexity index is 1610. The number of esters is 1. The minimum atomic E-state index is -1.19. The molecule has 0 fully saturated rings. The Hall–Kier alpha value is -4.85. The van der Waals surface area contributed by atoms with Crippen LogP contribution in [0.3, 0.4) is 0 Å². The van der Waals surface area contributed by atoms with E-state index in [1.54, 1.807) is 6.07 Å². The number of aromatic nitrogens is 1. The molecule has 1 N–H and O–H groups in total. The summed E-state index contributed by atoms with van der Waals surface area (Å²) in [5.74, 6) is -1.30. The van der Waals surface area contributed by atoms with Crippen LogP contribution >= 0.6 is 0 Å². The zero-order valence-electron chi connectivity index (χ0n) is 20.9. The van der Waals surface area contributed by atoms with Crippen LogP contribution in [0.15, 0.2) is 72.8 Å². The van der Waals surface area contributed by atoms with Crippen molar-refractivity contribution in [2.45, 2.75) is 32.8 Å². The molecule has 1 aliphatic rings. The fraction of sp³-hybridized carbons (Fsp3) is 0.167. The first-order valence-electron chi connectivity index (χ1n) is 12.3. The van der Waals surface area contributed by atoms with Crippen LogP contribution in [0.25, 0.3) is 22.6 Å². The normalized spacial score (nSPS) is 14.2. The van der Waals surface area contributed by atoms with Gasteiger partial charge in [-0.05, 0) is 61.6 Å². The summed E-state index contributed by atoms with van der Waals surface area (Å²) in [5, 5.41) is 14.4. The number of rotatable bonds is 6. The molecular formula is C30H25N3O5. The lowest BCUT2D eigenvalue weighted by Crippen LogP contribution is -2.30. The number of allylic oxidation sites excluding steroid dienone is 1. The number of nitrogens with zero attached hydrogens (tertiary/aromatic N) is 2. The van der Waals surface area contributed by atoms with Crippen molar-refractivity contribution >= 4 is 45.8 Å². The molecule has 1 aromatic heterocycles. The SMILES string of the molecule is Cc1ccc(/C=C2/CCc3c2nc2ccccc2c3C(=O)OC(C)C(=O)Nc2ccccc2[N+](=O)[O-])cc1. The maximum Gasteiger partial charge on any atom is 0.339 e. The molecule has 0 spiro atoms. The average molecular weight is 508 g/mol. The van der Waals surface area contributed by atoms with Gasteiger partial charge in [-0.15, -0.1) is 0 Å². The van der Waals surface area contributed by atoms with Crippen LogP contribution in [0.1, 0.15) is 46.1 Å². The first-order chi connectivity index (χ1) is 18.3. The van der Waals surface area contributed by atoms with Crippen molar-refractivity contribution in [3.8, 4) is 0 Å². The molecule has 0 saturated carbocycles. The van der Waals surface area contributed by atoms with E-state index in [-0.39, 0.29) is 11.4 Å². The Morgan fingerprint density at radius 3 is 2.50 bits per heavy atom. The largest absolute Gasteiger partial charge is 0.449 e. The third kappa shape index (κ3) is 4.88. The van der Waals surface area contributed by atoms with Gasteiger partial charge in [0.05, 0.1) is 21.7 Å². The number of fused-ring (bicyclic) bond motifs is 2. The lowest BCUT2D eigenvalue weighted by molar-refractivity contribution is -0.383. The number of amides is 1. The highest BCUT2D eigenvalue weighted by molar-refractivity contribution is 6.08. The third-order valence-electron chi connectivity index (χ3n) is 6.58. The van der Waals surface area contributed by atoms with Gasteiger partial charge < -0.3 is 10.1 Å². The molecule has 1 atom stereocenters. The summed E-state index contributed by atoms with van der Waals surface area (Å²) in [6.07, 6.45) is 2.24. The van der Waals surface area contributed by atoms with Crippen LogP contribution < -0.4 is 5.32 Å². The fourth-order valence-corrected chi connectivity index (χ4v) is 4.62. The molecule has 1 aliphatic carbocycles. The van der Waals surface area contributed by atoms with Crippen LogP contribution in [0.2, 0.25) is 0 Å². The molecule has 1 heterocycles. The number of carbonyl (C=O) groups excluding carboxylic acids is 2. The highest BCUT2D eigenvalue weighted by Crippen LogP contribution is 2.38. The molecule has 8 heteroatoms. The minimum Gasteiger partial charge on any atom is -0.449 e. The Morgan fingerprint density at radius 2 is 1.74 bits per heavy atom. The van der Waals surface area contributed by atoms with E-state index in [1.165, 1.54) is 30.7 Å². The van der Waals surface area contributed by atoms with E-state index >= 15 is 0 Å². The molecule has 0 bridgehead atoms. The number of ether oxygens (including phenoxy) is 1. The van der Waals surface area contributed by atoms with Gasteiger partial charge >= 0.3 is 5.97 Å². The van der Waals surface area contributed by atoms with Gasteiger partial charge in [-0.2, -0.15) is 0 Å². The summed E-state index contributed by atoms with van der Waals surface area (Å²) in [7, 11) is 0. The van der Waals surface area contributed by atoms with Crippen molar-refractivity contribution in [2.24, 2.45) is 0 Å². The summed E-state index contributed by atoms with van der Waals surface area (Å²) >= 11 is 0. The maximum atomic E-state index is 13.5. The smallest absolute Gasteiger partial charge is 0.339 e. The molecule has 3 aromatic carbocycles. The summed E-state index contributed by atoms with van der Waals surface area (Å²) in [5.41, 5.74) is 5.65. The van der Waals surface area contributed by atoms with Crippen molar-refractivity contribution in [1.29, 1.82) is 0 Å². The summed E-state index contributed by atoms with van der Waals surface area (Å²) in [6, 6.07) is 21.4. The van der Waals surface area contributed by atoms with E-state index in [2.05, 4.69) is 23.5 Å². The van der Waals surface area contributed by atoms with E-state index in [4.69, 9.17) is 9.72 Å². The molecule has 0 aliphatic heterocycles. The van der Waals surface area contributed by atoms with Crippen LogP contribution in [0, 0.1) is 17.0 Å². The van der Waals surface area contributed by atoms with Crippen LogP contribution in [0.5, 0.6) is 0 Å². The van der Waals surface area contributed by atoms with Gasteiger partial charge in [-0.1, -0.05) is 60.2 Å². The molecule has 5 rings (SSSR count). The number of hydrogen-bond acceptors (Lipinski definition) is 6. The second-order valence-electron chi connectivity index (χ2n) is 9.22. The molecule has 1 amide bonds. The molecule has 4 aromatic rings. The number of hydrogen-bond donors (Lipinski definition) is 1. The van der Waals surface area contributed by atoms with Gasteiger partial charge in [0.25, 0.3) is 11.6 Å². The number of aryl methyl sites for hydroxylation is 1. The first-order valence-corrected chi connectivity index (χ1v) is 12.3. The Morgan fingerprint density at radius 1 is 1.03 bits per heavy atom. The number of para-hydroxylation sites is 3. The van der Waals surface area contributed by atoms with Crippen LogP contribution in [-0.2, 0) is 16.0 Å². The number of anilines is 1. The number of nitrogens with one attached hydrogen (secondary N) is 1. The number of pyridine rings is 1. The average Bonchev–Trinajstić information content (AvgIpc) is 3.30. The predicted molar refractivity (Wildman–Crippen MR) is 146 cm³/mol. The van der Waals surface area contributed by atoms with E-state index in [0.717, 1.165) is 28.8 Å². The molecule has 190 valence electrons. The van der Waals surface area contributed by atoms with Crippen molar-refractivity contribution in [3.63, 3.8) is 0 Å². The Labute approximate surface area is 219 Å². The standard InChI is InChI=1S/C30H25N3O5/c1-18-11-13-20(14-12-18)17-21-15-16-23-27(22-7-3-4-8-24(22)31-28(21)23)30(35)38-19(2)29(34)32-25-9-5-6-10-26(25)33(36)37/h3-14,17,19H,15-16H2,1-2H3,(H,32,34)/b21-17-. The van der Waals surface area contributed by atoms with Crippen LogP contribution in [-0.4, -0.2) is 27.9 Å². The number of nitro groups is 1. The fourth-order valence-electron chi connectivity index (χ4n) is 4.62. The zero-order valence-corrected chi connectivity index (χ0v) is 20.9. The monoisotopic (exact) mass is 507 g/mol. The topological polar surface area (TPSA) is 111 Å². The van der Waals surface area contributed by atoms with E-state index < -0.39 is 22.9 Å². The number of benzene rings is 3. The van der Waals surface area contributed by atoms with E-state index in [9.17, 15) is 19.7 Å². The van der Waals surface area contributed by atoms with Gasteiger partial charge in [-0.25, -0.2) is 9.78 Å². The van der Waals surface area contributed by atoms with Gasteiger partial charge in [0.2, 0.25) is 0 Å². The highest BCUT2D eigenvalue weighted by atomic mass is 16.6. The zero-order chi connectivity index (χ0) is 26.8. The number of carbonyl (C=O) groups is 2. The van der Waals surface area contributed by atoms with Crippen molar-refractivity contribution < 1.29 is 19.2 Å². The predicted octanol–water partition coefficient (Wildman–Crippen LogP) is 6.12. The molecule has 1 unspecified atom stereocenters. The number of nitro benzene ring substituents is 1. The second-order valence-corrected chi connectivity index (χ2v) is 9.22. The lowest BCUT2D eigenvalue weighted by Gasteiger charge is -2.16. The maximum absolute atomic E-state index is 13.5. The van der Waals surface area contributed by atoms with Gasteiger partial charge in [0.1, 0.15) is 5.69 Å². The van der Waals surface area contributed by atoms with Crippen molar-refractivity contribution in [1.82, 2.24) is 4.98 Å². The van der Waals surface area contributed by atoms with Crippen LogP contribution in [0.4, 0.5) is 11.4 Å².